The summed E-state index contributed by atoms with van der Waals surface area (Å²) in [6, 6.07) is 12.8. The monoisotopic (exact) mass is 413 g/mol. The Kier molecular flexibility index (Phi) is 6.43. The number of esters is 1. The molecule has 0 aliphatic rings. The lowest BCUT2D eigenvalue weighted by atomic mass is 10.1. The van der Waals surface area contributed by atoms with Crippen molar-refractivity contribution in [2.45, 2.75) is 23.9 Å². The molecular formula is C20H19N3O3S2. The van der Waals surface area contributed by atoms with Crippen molar-refractivity contribution in [3.63, 3.8) is 0 Å². The molecule has 6 nitrogen and oxygen atoms in total. The lowest BCUT2D eigenvalue weighted by molar-refractivity contribution is 0.0600. The number of thioether (sulfide) groups is 1. The van der Waals surface area contributed by atoms with E-state index < -0.39 is 0 Å². The first-order chi connectivity index (χ1) is 13.5. The zero-order valence-electron chi connectivity index (χ0n) is 15.7. The van der Waals surface area contributed by atoms with E-state index in [1.165, 1.54) is 30.2 Å². The smallest absolute Gasteiger partial charge is 0.337 e. The number of carbonyl (C=O) groups excluding carboxylic acids is 2. The van der Waals surface area contributed by atoms with Gasteiger partial charge in [0.1, 0.15) is 0 Å². The molecule has 0 radical (unpaired) electrons. The Morgan fingerprint density at radius 1 is 1.04 bits per heavy atom. The summed E-state index contributed by atoms with van der Waals surface area (Å²) in [4.78, 5) is 23.8. The molecule has 1 amide bonds. The predicted molar refractivity (Wildman–Crippen MR) is 111 cm³/mol. The van der Waals surface area contributed by atoms with Crippen molar-refractivity contribution in [3.8, 4) is 0 Å². The Morgan fingerprint density at radius 2 is 1.75 bits per heavy atom. The molecule has 3 rings (SSSR count). The van der Waals surface area contributed by atoms with E-state index in [1.54, 1.807) is 18.2 Å². The third-order valence-electron chi connectivity index (χ3n) is 4.13. The first-order valence-corrected chi connectivity index (χ1v) is 10.3. The molecule has 0 atom stereocenters. The zero-order valence-corrected chi connectivity index (χ0v) is 17.3. The fourth-order valence-corrected chi connectivity index (χ4v) is 4.07. The number of benzene rings is 2. The molecule has 0 aliphatic heterocycles. The fraction of sp³-hybridized carbons (Fsp3) is 0.200. The van der Waals surface area contributed by atoms with E-state index in [2.05, 4.69) is 20.3 Å². The minimum absolute atomic E-state index is 0.200. The number of ether oxygens (including phenoxy) is 1. The summed E-state index contributed by atoms with van der Waals surface area (Å²) in [7, 11) is 1.36. The topological polar surface area (TPSA) is 81.2 Å². The van der Waals surface area contributed by atoms with E-state index in [0.717, 1.165) is 21.0 Å². The molecule has 3 aromatic rings. The van der Waals surface area contributed by atoms with Gasteiger partial charge in [0.15, 0.2) is 4.34 Å². The first-order valence-electron chi connectivity index (χ1n) is 8.48. The molecule has 2 aromatic carbocycles. The first kappa shape index (κ1) is 20.0. The molecule has 8 heteroatoms. The second-order valence-electron chi connectivity index (χ2n) is 6.10. The van der Waals surface area contributed by atoms with E-state index in [9.17, 15) is 9.59 Å². The SMILES string of the molecule is COC(=O)c1ccc(CSc2nnc(NC(=O)c3ccc(C)c(C)c3)s2)cc1. The van der Waals surface area contributed by atoms with Crippen LogP contribution in [0.15, 0.2) is 46.8 Å². The summed E-state index contributed by atoms with van der Waals surface area (Å²) in [5, 5.41) is 11.4. The highest BCUT2D eigenvalue weighted by Gasteiger charge is 2.12. The van der Waals surface area contributed by atoms with Crippen LogP contribution in [-0.2, 0) is 10.5 Å². The molecule has 0 saturated heterocycles. The van der Waals surface area contributed by atoms with Gasteiger partial charge in [-0.15, -0.1) is 10.2 Å². The number of nitrogens with zero attached hydrogens (tertiary/aromatic N) is 2. The Balaban J connectivity index is 1.57. The molecule has 1 aromatic heterocycles. The normalized spacial score (nSPS) is 10.5. The highest BCUT2D eigenvalue weighted by atomic mass is 32.2. The van der Waals surface area contributed by atoms with Crippen LogP contribution in [0.25, 0.3) is 0 Å². The van der Waals surface area contributed by atoms with Crippen LogP contribution in [0.5, 0.6) is 0 Å². The van der Waals surface area contributed by atoms with Gasteiger partial charge in [0.25, 0.3) is 5.91 Å². The zero-order chi connectivity index (χ0) is 20.1. The number of methoxy groups -OCH3 is 1. The number of nitrogens with one attached hydrogen (secondary N) is 1. The number of carbonyl (C=O) groups is 2. The van der Waals surface area contributed by atoms with E-state index in [0.29, 0.717) is 22.0 Å². The Bertz CT molecular complexity index is 1000. The molecule has 0 unspecified atom stereocenters. The summed E-state index contributed by atoms with van der Waals surface area (Å²) in [6.45, 7) is 3.98. The van der Waals surface area contributed by atoms with Crippen LogP contribution in [0.2, 0.25) is 0 Å². The molecule has 0 bridgehead atoms. The van der Waals surface area contributed by atoms with Gasteiger partial charge in [-0.2, -0.15) is 0 Å². The van der Waals surface area contributed by atoms with Crippen LogP contribution in [-0.4, -0.2) is 29.2 Å². The fourth-order valence-electron chi connectivity index (χ4n) is 2.37. The van der Waals surface area contributed by atoms with Gasteiger partial charge >= 0.3 is 5.97 Å². The standard InChI is InChI=1S/C20H19N3O3S2/c1-12-4-7-16(10-13(12)2)17(24)21-19-22-23-20(28-19)27-11-14-5-8-15(9-6-14)18(25)26-3/h4-10H,11H2,1-3H3,(H,21,22,24). The molecular weight excluding hydrogens is 394 g/mol. The number of amides is 1. The molecule has 1 N–H and O–H groups in total. The number of aryl methyl sites for hydroxylation is 2. The van der Waals surface area contributed by atoms with Gasteiger partial charge in [0.2, 0.25) is 5.13 Å². The Morgan fingerprint density at radius 3 is 2.43 bits per heavy atom. The molecule has 0 saturated carbocycles. The quantitative estimate of drug-likeness (QED) is 0.364. The minimum Gasteiger partial charge on any atom is -0.465 e. The van der Waals surface area contributed by atoms with Gasteiger partial charge in [0, 0.05) is 11.3 Å². The molecule has 144 valence electrons. The number of anilines is 1. The second-order valence-corrected chi connectivity index (χ2v) is 8.30. The average Bonchev–Trinajstić information content (AvgIpc) is 3.15. The molecule has 0 fully saturated rings. The molecule has 0 aliphatic carbocycles. The van der Waals surface area contributed by atoms with Crippen LogP contribution in [0, 0.1) is 13.8 Å². The van der Waals surface area contributed by atoms with Gasteiger partial charge in [-0.25, -0.2) is 4.79 Å². The van der Waals surface area contributed by atoms with Crippen molar-refractivity contribution in [2.75, 3.05) is 12.4 Å². The van der Waals surface area contributed by atoms with Crippen LogP contribution in [0.3, 0.4) is 0 Å². The van der Waals surface area contributed by atoms with E-state index >= 15 is 0 Å². The summed E-state index contributed by atoms with van der Waals surface area (Å²) in [5.74, 6) is 0.128. The van der Waals surface area contributed by atoms with Crippen molar-refractivity contribution < 1.29 is 14.3 Å². The van der Waals surface area contributed by atoms with Gasteiger partial charge < -0.3 is 4.74 Å². The number of aromatic nitrogens is 2. The van der Waals surface area contributed by atoms with Crippen LogP contribution in [0.1, 0.15) is 37.4 Å². The van der Waals surface area contributed by atoms with E-state index in [4.69, 9.17) is 0 Å². The second kappa shape index (κ2) is 8.99. The Labute approximate surface area is 171 Å². The van der Waals surface area contributed by atoms with E-state index in [-0.39, 0.29) is 11.9 Å². The highest BCUT2D eigenvalue weighted by molar-refractivity contribution is 8.00. The van der Waals surface area contributed by atoms with Crippen molar-refractivity contribution in [1.82, 2.24) is 10.2 Å². The van der Waals surface area contributed by atoms with Crippen LogP contribution < -0.4 is 5.32 Å². The third kappa shape index (κ3) is 4.96. The maximum Gasteiger partial charge on any atom is 0.337 e. The molecule has 0 spiro atoms. The van der Waals surface area contributed by atoms with Gasteiger partial charge in [-0.3, -0.25) is 10.1 Å². The minimum atomic E-state index is -0.354. The largest absolute Gasteiger partial charge is 0.465 e. The molecule has 1 heterocycles. The Hall–Kier alpha value is -2.71. The van der Waals surface area contributed by atoms with Gasteiger partial charge in [0.05, 0.1) is 12.7 Å². The number of rotatable bonds is 6. The van der Waals surface area contributed by atoms with Crippen LogP contribution >= 0.6 is 23.1 Å². The molecule has 28 heavy (non-hydrogen) atoms. The van der Waals surface area contributed by atoms with Crippen molar-refractivity contribution in [2.24, 2.45) is 0 Å². The maximum atomic E-state index is 12.4. The third-order valence-corrected chi connectivity index (χ3v) is 6.18. The number of hydrogen-bond acceptors (Lipinski definition) is 7. The average molecular weight is 414 g/mol. The summed E-state index contributed by atoms with van der Waals surface area (Å²) in [6.07, 6.45) is 0. The van der Waals surface area contributed by atoms with Gasteiger partial charge in [-0.1, -0.05) is 41.3 Å². The van der Waals surface area contributed by atoms with Crippen molar-refractivity contribution in [1.29, 1.82) is 0 Å². The summed E-state index contributed by atoms with van der Waals surface area (Å²) in [5.41, 5.74) is 4.38. The summed E-state index contributed by atoms with van der Waals surface area (Å²) >= 11 is 2.85. The van der Waals surface area contributed by atoms with Crippen molar-refractivity contribution in [3.05, 3.63) is 70.3 Å². The van der Waals surface area contributed by atoms with Gasteiger partial charge in [-0.05, 0) is 54.8 Å². The lowest BCUT2D eigenvalue weighted by Gasteiger charge is -2.04. The maximum absolute atomic E-state index is 12.4. The summed E-state index contributed by atoms with van der Waals surface area (Å²) < 4.78 is 5.45. The lowest BCUT2D eigenvalue weighted by Crippen LogP contribution is -2.12. The van der Waals surface area contributed by atoms with Crippen molar-refractivity contribution >= 4 is 40.1 Å². The number of hydrogen-bond donors (Lipinski definition) is 1. The predicted octanol–water partition coefficient (Wildman–Crippen LogP) is 4.49. The highest BCUT2D eigenvalue weighted by Crippen LogP contribution is 2.28. The van der Waals surface area contributed by atoms with Crippen LogP contribution in [0.4, 0.5) is 5.13 Å². The van der Waals surface area contributed by atoms with E-state index in [1.807, 2.05) is 38.1 Å².